The molecule has 1 aromatic heterocycles. The highest BCUT2D eigenvalue weighted by molar-refractivity contribution is 7.12. The second-order valence-corrected chi connectivity index (χ2v) is 5.59. The Morgan fingerprint density at radius 3 is 2.50 bits per heavy atom. The van der Waals surface area contributed by atoms with Gasteiger partial charge >= 0.3 is 0 Å². The molecule has 3 nitrogen and oxygen atoms in total. The lowest BCUT2D eigenvalue weighted by Gasteiger charge is -2.22. The molecular weight excluding hydrogens is 268 g/mol. The molecular formula is C16H20N2OS. The summed E-state index contributed by atoms with van der Waals surface area (Å²) in [5, 5.41) is 1.99. The Bertz CT molecular complexity index is 574. The van der Waals surface area contributed by atoms with Crippen LogP contribution in [-0.2, 0) is 6.42 Å². The Morgan fingerprint density at radius 2 is 1.90 bits per heavy atom. The third kappa shape index (κ3) is 3.02. The van der Waals surface area contributed by atoms with Gasteiger partial charge in [-0.25, -0.2) is 0 Å². The topological polar surface area (TPSA) is 46.3 Å². The number of thiophene rings is 1. The summed E-state index contributed by atoms with van der Waals surface area (Å²) in [4.78, 5) is 15.4. The van der Waals surface area contributed by atoms with Gasteiger partial charge < -0.3 is 10.6 Å². The molecule has 1 heterocycles. The second-order valence-electron chi connectivity index (χ2n) is 4.68. The van der Waals surface area contributed by atoms with Gasteiger partial charge in [0.25, 0.3) is 5.91 Å². The maximum absolute atomic E-state index is 12.8. The molecule has 1 aromatic carbocycles. The number of carbonyl (C=O) groups is 1. The monoisotopic (exact) mass is 288 g/mol. The minimum atomic E-state index is 0.0865. The zero-order valence-corrected chi connectivity index (χ0v) is 12.7. The van der Waals surface area contributed by atoms with Gasteiger partial charge in [-0.1, -0.05) is 13.8 Å². The summed E-state index contributed by atoms with van der Waals surface area (Å²) in [5.41, 5.74) is 8.45. The van der Waals surface area contributed by atoms with Crippen LogP contribution in [-0.4, -0.2) is 12.5 Å². The van der Waals surface area contributed by atoms with Crippen LogP contribution < -0.4 is 10.6 Å². The van der Waals surface area contributed by atoms with Gasteiger partial charge in [-0.2, -0.15) is 0 Å². The first-order chi connectivity index (χ1) is 9.67. The number of aryl methyl sites for hydroxylation is 1. The van der Waals surface area contributed by atoms with Crippen molar-refractivity contribution in [1.82, 2.24) is 0 Å². The molecule has 0 saturated heterocycles. The van der Waals surface area contributed by atoms with Crippen molar-refractivity contribution in [2.45, 2.75) is 26.7 Å². The maximum Gasteiger partial charge on any atom is 0.268 e. The minimum absolute atomic E-state index is 0.0865. The first-order valence-corrected chi connectivity index (χ1v) is 7.79. The van der Waals surface area contributed by atoms with Crippen molar-refractivity contribution < 1.29 is 4.79 Å². The molecule has 106 valence electrons. The van der Waals surface area contributed by atoms with Gasteiger partial charge in [-0.05, 0) is 54.1 Å². The number of nitrogens with two attached hydrogens (primary N) is 1. The molecule has 2 aromatic rings. The smallest absolute Gasteiger partial charge is 0.268 e. The predicted molar refractivity (Wildman–Crippen MR) is 86.5 cm³/mol. The summed E-state index contributed by atoms with van der Waals surface area (Å²) in [7, 11) is 0. The number of anilines is 2. The van der Waals surface area contributed by atoms with Gasteiger partial charge in [0.2, 0.25) is 0 Å². The number of nitrogens with zero attached hydrogens (tertiary/aromatic N) is 1. The second kappa shape index (κ2) is 6.57. The molecule has 0 spiro atoms. The molecule has 2 N–H and O–H groups in total. The van der Waals surface area contributed by atoms with E-state index in [9.17, 15) is 4.79 Å². The van der Waals surface area contributed by atoms with Crippen LogP contribution in [0.1, 0.15) is 35.5 Å². The number of benzene rings is 1. The van der Waals surface area contributed by atoms with Crippen molar-refractivity contribution in [2.75, 3.05) is 17.2 Å². The summed E-state index contributed by atoms with van der Waals surface area (Å²) in [5.74, 6) is 0.0865. The van der Waals surface area contributed by atoms with Crippen LogP contribution in [0.15, 0.2) is 35.7 Å². The van der Waals surface area contributed by atoms with Crippen LogP contribution in [0, 0.1) is 0 Å². The molecule has 0 aliphatic rings. The number of rotatable bonds is 5. The van der Waals surface area contributed by atoms with Crippen LogP contribution in [0.5, 0.6) is 0 Å². The fourth-order valence-electron chi connectivity index (χ4n) is 2.15. The van der Waals surface area contributed by atoms with Gasteiger partial charge in [0.05, 0.1) is 4.88 Å². The maximum atomic E-state index is 12.8. The summed E-state index contributed by atoms with van der Waals surface area (Å²) in [6, 6.07) is 9.51. The molecule has 0 aliphatic carbocycles. The highest BCUT2D eigenvalue weighted by atomic mass is 32.1. The average Bonchev–Trinajstić information content (AvgIpc) is 2.93. The number of amides is 1. The molecule has 20 heavy (non-hydrogen) atoms. The van der Waals surface area contributed by atoms with Gasteiger partial charge in [0.1, 0.15) is 0 Å². The SMILES string of the molecule is CCCN(C(=O)c1sccc1CC)c1ccc(N)cc1. The first-order valence-electron chi connectivity index (χ1n) is 6.91. The summed E-state index contributed by atoms with van der Waals surface area (Å²) < 4.78 is 0. The van der Waals surface area contributed by atoms with Crippen LogP contribution in [0.25, 0.3) is 0 Å². The van der Waals surface area contributed by atoms with E-state index in [4.69, 9.17) is 5.73 Å². The molecule has 0 radical (unpaired) electrons. The first kappa shape index (κ1) is 14.6. The predicted octanol–water partition coefficient (Wildman–Crippen LogP) is 3.95. The molecule has 0 aliphatic heterocycles. The van der Waals surface area contributed by atoms with Gasteiger partial charge in [0, 0.05) is 17.9 Å². The Balaban J connectivity index is 2.33. The quantitative estimate of drug-likeness (QED) is 0.847. The molecule has 0 unspecified atom stereocenters. The van der Waals surface area contributed by atoms with E-state index < -0.39 is 0 Å². The van der Waals surface area contributed by atoms with Gasteiger partial charge in [-0.3, -0.25) is 4.79 Å². The normalized spacial score (nSPS) is 10.5. The van der Waals surface area contributed by atoms with Gasteiger partial charge in [-0.15, -0.1) is 11.3 Å². The third-order valence-corrected chi connectivity index (χ3v) is 4.16. The number of hydrogen-bond acceptors (Lipinski definition) is 3. The summed E-state index contributed by atoms with van der Waals surface area (Å²) in [6.07, 6.45) is 1.80. The molecule has 0 fully saturated rings. The zero-order chi connectivity index (χ0) is 14.5. The lowest BCUT2D eigenvalue weighted by atomic mass is 10.1. The Labute approximate surface area is 124 Å². The van der Waals surface area contributed by atoms with Crippen LogP contribution in [0.2, 0.25) is 0 Å². The molecule has 0 bridgehead atoms. The largest absolute Gasteiger partial charge is 0.399 e. The third-order valence-electron chi connectivity index (χ3n) is 3.22. The molecule has 0 atom stereocenters. The Morgan fingerprint density at radius 1 is 1.20 bits per heavy atom. The fraction of sp³-hybridized carbons (Fsp3) is 0.312. The van der Waals surface area contributed by atoms with Crippen molar-refractivity contribution in [3.05, 3.63) is 46.2 Å². The van der Waals surface area contributed by atoms with Gasteiger partial charge in [0.15, 0.2) is 0 Å². The Hall–Kier alpha value is -1.81. The van der Waals surface area contributed by atoms with E-state index in [0.29, 0.717) is 12.2 Å². The minimum Gasteiger partial charge on any atom is -0.399 e. The van der Waals surface area contributed by atoms with Crippen LogP contribution >= 0.6 is 11.3 Å². The van der Waals surface area contributed by atoms with E-state index in [1.807, 2.05) is 40.6 Å². The van der Waals surface area contributed by atoms with Crippen molar-refractivity contribution >= 4 is 28.6 Å². The van der Waals surface area contributed by atoms with E-state index in [2.05, 4.69) is 13.8 Å². The lowest BCUT2D eigenvalue weighted by Crippen LogP contribution is -2.31. The average molecular weight is 288 g/mol. The highest BCUT2D eigenvalue weighted by Crippen LogP contribution is 2.24. The number of hydrogen-bond donors (Lipinski definition) is 1. The van der Waals surface area contributed by atoms with E-state index >= 15 is 0 Å². The van der Waals surface area contributed by atoms with E-state index in [0.717, 1.165) is 29.0 Å². The van der Waals surface area contributed by atoms with Crippen molar-refractivity contribution in [2.24, 2.45) is 0 Å². The van der Waals surface area contributed by atoms with E-state index in [-0.39, 0.29) is 5.91 Å². The molecule has 4 heteroatoms. The number of nitrogen functional groups attached to an aromatic ring is 1. The molecule has 0 saturated carbocycles. The summed E-state index contributed by atoms with van der Waals surface area (Å²) in [6.45, 7) is 4.86. The molecule has 1 amide bonds. The van der Waals surface area contributed by atoms with Crippen molar-refractivity contribution in [3.63, 3.8) is 0 Å². The Kier molecular flexibility index (Phi) is 4.79. The number of carbonyl (C=O) groups excluding carboxylic acids is 1. The lowest BCUT2D eigenvalue weighted by molar-refractivity contribution is 0.0990. The summed E-state index contributed by atoms with van der Waals surface area (Å²) >= 11 is 1.52. The highest BCUT2D eigenvalue weighted by Gasteiger charge is 2.20. The van der Waals surface area contributed by atoms with Crippen molar-refractivity contribution in [1.29, 1.82) is 0 Å². The van der Waals surface area contributed by atoms with Crippen molar-refractivity contribution in [3.8, 4) is 0 Å². The van der Waals surface area contributed by atoms with E-state index in [1.165, 1.54) is 11.3 Å². The van der Waals surface area contributed by atoms with Crippen LogP contribution in [0.3, 0.4) is 0 Å². The fourth-order valence-corrected chi connectivity index (χ4v) is 3.09. The zero-order valence-electron chi connectivity index (χ0n) is 11.9. The van der Waals surface area contributed by atoms with Crippen LogP contribution in [0.4, 0.5) is 11.4 Å². The molecule has 2 rings (SSSR count). The van der Waals surface area contributed by atoms with E-state index in [1.54, 1.807) is 0 Å². The standard InChI is InChI=1S/C16H20N2OS/c1-3-10-18(14-7-5-13(17)6-8-14)16(19)15-12(4-2)9-11-20-15/h5-9,11H,3-4,10,17H2,1-2H3.